The molecule has 1 unspecified atom stereocenters. The van der Waals surface area contributed by atoms with E-state index < -0.39 is 0 Å². The zero-order valence-corrected chi connectivity index (χ0v) is 27.5. The summed E-state index contributed by atoms with van der Waals surface area (Å²) in [5.41, 5.74) is 5.41. The van der Waals surface area contributed by atoms with Crippen molar-refractivity contribution in [3.8, 4) is 12.1 Å². The van der Waals surface area contributed by atoms with E-state index in [2.05, 4.69) is 81.7 Å². The van der Waals surface area contributed by atoms with E-state index in [0.717, 1.165) is 56.4 Å². The zero-order valence-electron chi connectivity index (χ0n) is 26.7. The van der Waals surface area contributed by atoms with Gasteiger partial charge in [-0.1, -0.05) is 66.8 Å². The number of nitrogens with one attached hydrogen (secondary N) is 1. The molecule has 1 atom stereocenters. The number of hydrogen-bond acceptors (Lipinski definition) is 10. The van der Waals surface area contributed by atoms with Gasteiger partial charge in [-0.3, -0.25) is 0 Å². The van der Waals surface area contributed by atoms with Crippen molar-refractivity contribution in [2.75, 3.05) is 17.3 Å². The second-order valence-corrected chi connectivity index (χ2v) is 12.1. The van der Waals surface area contributed by atoms with Gasteiger partial charge in [0.15, 0.2) is 0 Å². The standard InChI is InChI=1S/C38H31N9S/c1-4-25(2)42-34-17-18-35(31-10-6-5-9-30(31)34)44-45-36-19-20-37(33-12-8-7-11-32(33)36)47(3)28-15-13-27(14-16-28)43-46-38-41-24-29(48-38)21-26(22-39)23-40/h5-21,24-25,42H,4H2,1-3H3/b45-44+,46-43+. The van der Waals surface area contributed by atoms with E-state index in [1.807, 2.05) is 73.8 Å². The Morgan fingerprint density at radius 3 is 2.10 bits per heavy atom. The molecule has 1 heterocycles. The van der Waals surface area contributed by atoms with Crippen molar-refractivity contribution >= 4 is 78.2 Å². The van der Waals surface area contributed by atoms with Gasteiger partial charge in [0.05, 0.1) is 21.9 Å². The fourth-order valence-electron chi connectivity index (χ4n) is 5.22. The highest BCUT2D eigenvalue weighted by molar-refractivity contribution is 7.16. The van der Waals surface area contributed by atoms with E-state index in [1.165, 1.54) is 17.4 Å². The highest BCUT2D eigenvalue weighted by atomic mass is 32.1. The first-order valence-electron chi connectivity index (χ1n) is 15.4. The molecule has 0 saturated heterocycles. The van der Waals surface area contributed by atoms with E-state index in [4.69, 9.17) is 20.8 Å². The molecule has 0 radical (unpaired) electrons. The Bertz CT molecular complexity index is 2250. The van der Waals surface area contributed by atoms with Crippen molar-refractivity contribution in [2.45, 2.75) is 26.3 Å². The first-order chi connectivity index (χ1) is 23.5. The van der Waals surface area contributed by atoms with E-state index in [0.29, 0.717) is 21.7 Å². The molecule has 10 heteroatoms. The van der Waals surface area contributed by atoms with Crippen LogP contribution < -0.4 is 10.2 Å². The molecule has 48 heavy (non-hydrogen) atoms. The van der Waals surface area contributed by atoms with Gasteiger partial charge in [-0.15, -0.1) is 20.5 Å². The van der Waals surface area contributed by atoms with E-state index in [-0.39, 0.29) is 5.57 Å². The third-order valence-electron chi connectivity index (χ3n) is 7.95. The van der Waals surface area contributed by atoms with Crippen molar-refractivity contribution < 1.29 is 0 Å². The van der Waals surface area contributed by atoms with Crippen LogP contribution in [0.15, 0.2) is 129 Å². The molecule has 9 nitrogen and oxygen atoms in total. The maximum atomic E-state index is 8.95. The van der Waals surface area contributed by atoms with Crippen molar-refractivity contribution in [3.63, 3.8) is 0 Å². The van der Waals surface area contributed by atoms with Gasteiger partial charge in [-0.2, -0.15) is 10.5 Å². The number of rotatable bonds is 10. The molecular formula is C38H31N9S. The SMILES string of the molecule is CCC(C)Nc1ccc(/N=N/c2ccc(N(C)c3ccc(/N=N/c4ncc(C=C(C#N)C#N)s4)cc3)c3ccccc23)c2ccccc12. The predicted octanol–water partition coefficient (Wildman–Crippen LogP) is 11.7. The smallest absolute Gasteiger partial charge is 0.230 e. The fraction of sp³-hybridized carbons (Fsp3) is 0.132. The summed E-state index contributed by atoms with van der Waals surface area (Å²) < 4.78 is 0. The van der Waals surface area contributed by atoms with Crippen LogP contribution in [0.25, 0.3) is 27.6 Å². The van der Waals surface area contributed by atoms with Crippen molar-refractivity contribution in [2.24, 2.45) is 20.5 Å². The quantitative estimate of drug-likeness (QED) is 0.117. The summed E-state index contributed by atoms with van der Waals surface area (Å²) in [6.07, 6.45) is 4.08. The minimum Gasteiger partial charge on any atom is -0.382 e. The summed E-state index contributed by atoms with van der Waals surface area (Å²) in [7, 11) is 2.03. The predicted molar refractivity (Wildman–Crippen MR) is 195 cm³/mol. The number of nitrogens with zero attached hydrogens (tertiary/aromatic N) is 8. The maximum Gasteiger partial charge on any atom is 0.230 e. The molecule has 0 fully saturated rings. The summed E-state index contributed by atoms with van der Waals surface area (Å²) >= 11 is 1.25. The molecule has 6 aromatic rings. The number of azo groups is 2. The molecule has 0 spiro atoms. The summed E-state index contributed by atoms with van der Waals surface area (Å²) in [4.78, 5) is 6.99. The molecule has 1 N–H and O–H groups in total. The van der Waals surface area contributed by atoms with Crippen LogP contribution in [-0.2, 0) is 0 Å². The first-order valence-corrected chi connectivity index (χ1v) is 16.2. The van der Waals surface area contributed by atoms with Gasteiger partial charge in [-0.05, 0) is 68.0 Å². The Hall–Kier alpha value is -6.23. The third-order valence-corrected chi connectivity index (χ3v) is 8.78. The molecule has 0 amide bonds. The lowest BCUT2D eigenvalue weighted by atomic mass is 10.1. The minimum absolute atomic E-state index is 0.0124. The minimum atomic E-state index is 0.0124. The number of aromatic nitrogens is 1. The molecule has 0 aliphatic rings. The molecule has 0 bridgehead atoms. The normalized spacial score (nSPS) is 11.9. The second-order valence-electron chi connectivity index (χ2n) is 11.1. The largest absolute Gasteiger partial charge is 0.382 e. The summed E-state index contributed by atoms with van der Waals surface area (Å²) in [6, 6.07) is 36.5. The summed E-state index contributed by atoms with van der Waals surface area (Å²) in [5.74, 6) is 0. The molecule has 0 aliphatic heterocycles. The first kappa shape index (κ1) is 31.7. The number of allylic oxidation sites excluding steroid dienone is 1. The Labute approximate surface area is 282 Å². The van der Waals surface area contributed by atoms with Crippen molar-refractivity contribution in [3.05, 3.63) is 114 Å². The molecule has 6 rings (SSSR count). The lowest BCUT2D eigenvalue weighted by Gasteiger charge is -2.22. The highest BCUT2D eigenvalue weighted by Gasteiger charge is 2.12. The summed E-state index contributed by atoms with van der Waals surface area (Å²) in [6.45, 7) is 4.36. The van der Waals surface area contributed by atoms with Gasteiger partial charge < -0.3 is 10.2 Å². The Kier molecular flexibility index (Phi) is 9.56. The second kappa shape index (κ2) is 14.5. The Balaban J connectivity index is 1.23. The lowest BCUT2D eigenvalue weighted by Crippen LogP contribution is -2.13. The van der Waals surface area contributed by atoms with Crippen LogP contribution >= 0.6 is 11.3 Å². The molecule has 0 aliphatic carbocycles. The summed E-state index contributed by atoms with van der Waals surface area (Å²) in [5, 5.41) is 44.2. The van der Waals surface area contributed by atoms with Crippen LogP contribution in [0.3, 0.4) is 0 Å². The zero-order chi connectivity index (χ0) is 33.5. The molecule has 1 aromatic heterocycles. The van der Waals surface area contributed by atoms with E-state index in [1.54, 1.807) is 6.20 Å². The van der Waals surface area contributed by atoms with Gasteiger partial charge >= 0.3 is 0 Å². The topological polar surface area (TPSA) is 125 Å². The average molecular weight is 646 g/mol. The van der Waals surface area contributed by atoms with Crippen LogP contribution in [0.4, 0.5) is 39.3 Å². The molecular weight excluding hydrogens is 615 g/mol. The van der Waals surface area contributed by atoms with Gasteiger partial charge in [0.2, 0.25) is 5.13 Å². The van der Waals surface area contributed by atoms with Crippen LogP contribution in [0, 0.1) is 22.7 Å². The lowest BCUT2D eigenvalue weighted by molar-refractivity contribution is 0.765. The Morgan fingerprint density at radius 1 is 0.812 bits per heavy atom. The van der Waals surface area contributed by atoms with E-state index in [9.17, 15) is 0 Å². The number of hydrogen-bond donors (Lipinski definition) is 1. The molecule has 0 saturated carbocycles. The van der Waals surface area contributed by atoms with Gasteiger partial charge in [0, 0.05) is 57.9 Å². The highest BCUT2D eigenvalue weighted by Crippen LogP contribution is 2.39. The fourth-order valence-corrected chi connectivity index (χ4v) is 5.90. The van der Waals surface area contributed by atoms with Crippen LogP contribution in [0.1, 0.15) is 25.1 Å². The monoisotopic (exact) mass is 645 g/mol. The number of nitriles is 2. The van der Waals surface area contributed by atoms with Gasteiger partial charge in [-0.25, -0.2) is 4.98 Å². The molecule has 5 aromatic carbocycles. The van der Waals surface area contributed by atoms with Gasteiger partial charge in [0.1, 0.15) is 17.7 Å². The maximum absolute atomic E-state index is 8.95. The van der Waals surface area contributed by atoms with Crippen LogP contribution in [0.5, 0.6) is 0 Å². The number of anilines is 3. The Morgan fingerprint density at radius 2 is 1.44 bits per heavy atom. The number of thiazole rings is 1. The van der Waals surface area contributed by atoms with Crippen molar-refractivity contribution in [1.29, 1.82) is 10.5 Å². The van der Waals surface area contributed by atoms with E-state index >= 15 is 0 Å². The molecule has 234 valence electrons. The third kappa shape index (κ3) is 6.95. The van der Waals surface area contributed by atoms with Crippen LogP contribution in [-0.4, -0.2) is 18.1 Å². The van der Waals surface area contributed by atoms with Gasteiger partial charge in [0.25, 0.3) is 0 Å². The number of benzene rings is 5. The average Bonchev–Trinajstić information content (AvgIpc) is 3.59. The van der Waals surface area contributed by atoms with Crippen LogP contribution in [0.2, 0.25) is 0 Å². The number of fused-ring (bicyclic) bond motifs is 2. The van der Waals surface area contributed by atoms with Crippen molar-refractivity contribution in [1.82, 2.24) is 4.98 Å².